The third-order valence-corrected chi connectivity index (χ3v) is 4.00. The van der Waals surface area contributed by atoms with E-state index in [2.05, 4.69) is 10.2 Å². The normalized spacial score (nSPS) is 11.8. The molecule has 1 aromatic heterocycles. The molecule has 6 heteroatoms. The number of aliphatic hydroxyl groups is 1. The summed E-state index contributed by atoms with van der Waals surface area (Å²) in [6.45, 7) is 3.57. The highest BCUT2D eigenvalue weighted by atomic mass is 32.2. The highest BCUT2D eigenvalue weighted by Gasteiger charge is 2.15. The minimum Gasteiger partial charge on any atom is -0.390 e. The van der Waals surface area contributed by atoms with Gasteiger partial charge in [0.1, 0.15) is 0 Å². The summed E-state index contributed by atoms with van der Waals surface area (Å²) >= 11 is 3.07. The predicted molar refractivity (Wildman–Crippen MR) is 61.3 cm³/mol. The summed E-state index contributed by atoms with van der Waals surface area (Å²) in [6.07, 6.45) is 0. The van der Waals surface area contributed by atoms with E-state index in [9.17, 15) is 5.11 Å². The Morgan fingerprint density at radius 1 is 1.43 bits per heavy atom. The van der Waals surface area contributed by atoms with Gasteiger partial charge in [-0.2, -0.15) is 0 Å². The van der Waals surface area contributed by atoms with Crippen LogP contribution in [0.4, 0.5) is 5.13 Å². The van der Waals surface area contributed by atoms with Crippen LogP contribution in [0.5, 0.6) is 0 Å². The number of nitrogens with zero attached hydrogens (tertiary/aromatic N) is 3. The van der Waals surface area contributed by atoms with Crippen molar-refractivity contribution in [3.8, 4) is 0 Å². The Kier molecular flexibility index (Phi) is 3.74. The molecule has 1 rings (SSSR count). The van der Waals surface area contributed by atoms with Gasteiger partial charge in [0.2, 0.25) is 5.13 Å². The van der Waals surface area contributed by atoms with Crippen LogP contribution in [0, 0.1) is 0 Å². The zero-order valence-electron chi connectivity index (χ0n) is 8.81. The van der Waals surface area contributed by atoms with Crippen molar-refractivity contribution in [2.45, 2.75) is 23.8 Å². The van der Waals surface area contributed by atoms with E-state index in [4.69, 9.17) is 0 Å². The van der Waals surface area contributed by atoms with Gasteiger partial charge in [-0.1, -0.05) is 23.1 Å². The van der Waals surface area contributed by atoms with Gasteiger partial charge in [0.15, 0.2) is 4.34 Å². The van der Waals surface area contributed by atoms with Crippen LogP contribution in [-0.4, -0.2) is 40.8 Å². The molecule has 0 saturated heterocycles. The van der Waals surface area contributed by atoms with E-state index < -0.39 is 5.60 Å². The number of hydrogen-bond acceptors (Lipinski definition) is 6. The van der Waals surface area contributed by atoms with E-state index in [1.165, 1.54) is 23.1 Å². The second kappa shape index (κ2) is 4.46. The molecule has 0 saturated carbocycles. The topological polar surface area (TPSA) is 49.2 Å². The fourth-order valence-electron chi connectivity index (χ4n) is 0.680. The first-order chi connectivity index (χ1) is 6.38. The average molecular weight is 233 g/mol. The Balaban J connectivity index is 2.52. The highest BCUT2D eigenvalue weighted by molar-refractivity contribution is 8.01. The average Bonchev–Trinajstić information content (AvgIpc) is 2.47. The number of thioether (sulfide) groups is 1. The minimum absolute atomic E-state index is 0.634. The maximum Gasteiger partial charge on any atom is 0.208 e. The number of anilines is 1. The summed E-state index contributed by atoms with van der Waals surface area (Å²) in [5, 5.41) is 18.4. The molecule has 0 fully saturated rings. The third kappa shape index (κ3) is 3.81. The number of rotatable bonds is 4. The largest absolute Gasteiger partial charge is 0.390 e. The number of hydrogen-bond donors (Lipinski definition) is 1. The molecule has 1 heterocycles. The van der Waals surface area contributed by atoms with Crippen molar-refractivity contribution >= 4 is 28.2 Å². The van der Waals surface area contributed by atoms with E-state index in [1.54, 1.807) is 13.8 Å². The summed E-state index contributed by atoms with van der Waals surface area (Å²) in [7, 11) is 3.87. The summed E-state index contributed by atoms with van der Waals surface area (Å²) < 4.78 is 0.899. The van der Waals surface area contributed by atoms with Gasteiger partial charge < -0.3 is 10.0 Å². The lowest BCUT2D eigenvalue weighted by Gasteiger charge is -2.14. The number of aromatic nitrogens is 2. The Hall–Kier alpha value is -0.330. The third-order valence-electron chi connectivity index (χ3n) is 1.33. The molecule has 1 N–H and O–H groups in total. The van der Waals surface area contributed by atoms with Crippen LogP contribution in [0.25, 0.3) is 0 Å². The molecule has 0 aliphatic carbocycles. The standard InChI is InChI=1S/C8H15N3OS2/c1-8(2,12)5-13-7-10-9-6(14-7)11(3)4/h12H,5H2,1-4H3. The molecule has 0 amide bonds. The van der Waals surface area contributed by atoms with Crippen molar-refractivity contribution in [1.29, 1.82) is 0 Å². The second-order valence-electron chi connectivity index (χ2n) is 3.85. The Bertz CT molecular complexity index is 293. The van der Waals surface area contributed by atoms with Gasteiger partial charge in [-0.25, -0.2) is 0 Å². The van der Waals surface area contributed by atoms with Gasteiger partial charge in [0, 0.05) is 19.8 Å². The van der Waals surface area contributed by atoms with Crippen molar-refractivity contribution in [1.82, 2.24) is 10.2 Å². The summed E-state index contributed by atoms with van der Waals surface area (Å²) in [5.41, 5.74) is -0.658. The van der Waals surface area contributed by atoms with Crippen molar-refractivity contribution < 1.29 is 5.11 Å². The quantitative estimate of drug-likeness (QED) is 0.798. The van der Waals surface area contributed by atoms with Crippen LogP contribution in [0.2, 0.25) is 0 Å². The first-order valence-electron chi connectivity index (χ1n) is 4.24. The van der Waals surface area contributed by atoms with Gasteiger partial charge in [-0.3, -0.25) is 0 Å². The van der Waals surface area contributed by atoms with E-state index in [0.29, 0.717) is 5.75 Å². The zero-order chi connectivity index (χ0) is 10.8. The summed E-state index contributed by atoms with van der Waals surface area (Å²) in [5.74, 6) is 0.634. The zero-order valence-corrected chi connectivity index (χ0v) is 10.4. The van der Waals surface area contributed by atoms with Crippen LogP contribution in [-0.2, 0) is 0 Å². The van der Waals surface area contributed by atoms with Crippen LogP contribution in [0.1, 0.15) is 13.8 Å². The molecule has 0 unspecified atom stereocenters. The Morgan fingerprint density at radius 3 is 2.50 bits per heavy atom. The van der Waals surface area contributed by atoms with Crippen molar-refractivity contribution in [3.05, 3.63) is 0 Å². The van der Waals surface area contributed by atoms with Crippen molar-refractivity contribution in [2.75, 3.05) is 24.7 Å². The molecule has 0 atom stereocenters. The van der Waals surface area contributed by atoms with E-state index in [1.807, 2.05) is 19.0 Å². The smallest absolute Gasteiger partial charge is 0.208 e. The second-order valence-corrected chi connectivity index (χ2v) is 6.02. The molecular weight excluding hydrogens is 218 g/mol. The molecule has 0 aromatic carbocycles. The lowest BCUT2D eigenvalue weighted by Crippen LogP contribution is -2.21. The summed E-state index contributed by atoms with van der Waals surface area (Å²) in [4.78, 5) is 1.92. The van der Waals surface area contributed by atoms with Crippen molar-refractivity contribution in [2.24, 2.45) is 0 Å². The SMILES string of the molecule is CN(C)c1nnc(SCC(C)(C)O)s1. The molecule has 0 spiro atoms. The van der Waals surface area contributed by atoms with Gasteiger partial charge >= 0.3 is 0 Å². The first kappa shape index (κ1) is 11.7. The fourth-order valence-corrected chi connectivity index (χ4v) is 2.39. The molecule has 4 nitrogen and oxygen atoms in total. The van der Waals surface area contributed by atoms with Crippen LogP contribution in [0.15, 0.2) is 4.34 Å². The predicted octanol–water partition coefficient (Wildman–Crippen LogP) is 1.47. The lowest BCUT2D eigenvalue weighted by molar-refractivity contribution is 0.107. The Labute approximate surface area is 92.3 Å². The maximum atomic E-state index is 9.52. The van der Waals surface area contributed by atoms with Crippen LogP contribution in [0.3, 0.4) is 0 Å². The van der Waals surface area contributed by atoms with E-state index in [0.717, 1.165) is 9.47 Å². The fraction of sp³-hybridized carbons (Fsp3) is 0.750. The lowest BCUT2D eigenvalue weighted by atomic mass is 10.2. The van der Waals surface area contributed by atoms with Gasteiger partial charge in [0.25, 0.3) is 0 Å². The molecule has 0 aliphatic heterocycles. The molecule has 0 radical (unpaired) electrons. The van der Waals surface area contributed by atoms with Crippen molar-refractivity contribution in [3.63, 3.8) is 0 Å². The van der Waals surface area contributed by atoms with Crippen LogP contribution < -0.4 is 4.90 Å². The molecule has 0 bridgehead atoms. The molecular formula is C8H15N3OS2. The molecule has 0 aliphatic rings. The monoisotopic (exact) mass is 233 g/mol. The van der Waals surface area contributed by atoms with Gasteiger partial charge in [-0.05, 0) is 13.8 Å². The van der Waals surface area contributed by atoms with E-state index in [-0.39, 0.29) is 0 Å². The van der Waals surface area contributed by atoms with Crippen LogP contribution >= 0.6 is 23.1 Å². The van der Waals surface area contributed by atoms with Gasteiger partial charge in [-0.15, -0.1) is 10.2 Å². The maximum absolute atomic E-state index is 9.52. The minimum atomic E-state index is -0.658. The van der Waals surface area contributed by atoms with Gasteiger partial charge in [0.05, 0.1) is 5.60 Å². The highest BCUT2D eigenvalue weighted by Crippen LogP contribution is 2.28. The van der Waals surface area contributed by atoms with E-state index >= 15 is 0 Å². The molecule has 1 aromatic rings. The first-order valence-corrected chi connectivity index (χ1v) is 6.05. The Morgan fingerprint density at radius 2 is 2.07 bits per heavy atom. The molecule has 80 valence electrons. The molecule has 14 heavy (non-hydrogen) atoms. The summed E-state index contributed by atoms with van der Waals surface area (Å²) in [6, 6.07) is 0.